The molecule has 0 fully saturated rings. The Morgan fingerprint density at radius 1 is 1.17 bits per heavy atom. The van der Waals surface area contributed by atoms with Crippen molar-refractivity contribution in [2.75, 3.05) is 6.61 Å². The van der Waals surface area contributed by atoms with Crippen LogP contribution in [0.15, 0.2) is 42.5 Å². The third-order valence-corrected chi connectivity index (χ3v) is 3.89. The van der Waals surface area contributed by atoms with E-state index in [-0.39, 0.29) is 12.1 Å². The zero-order valence-electron chi connectivity index (χ0n) is 13.9. The number of halogens is 1. The Kier molecular flexibility index (Phi) is 6.05. The fraction of sp³-hybridized carbons (Fsp3) is 0.368. The Balaban J connectivity index is 2.09. The van der Waals surface area contributed by atoms with Gasteiger partial charge in [0.05, 0.1) is 6.61 Å². The van der Waals surface area contributed by atoms with Crippen molar-refractivity contribution < 1.29 is 9.84 Å². The van der Waals surface area contributed by atoms with Crippen LogP contribution in [0, 0.1) is 6.92 Å². The molecule has 2 aromatic carbocycles. The summed E-state index contributed by atoms with van der Waals surface area (Å²) in [4.78, 5) is 0. The van der Waals surface area contributed by atoms with Gasteiger partial charge in [0.2, 0.25) is 0 Å². The first-order chi connectivity index (χ1) is 10.9. The quantitative estimate of drug-likeness (QED) is 0.802. The van der Waals surface area contributed by atoms with Crippen molar-refractivity contribution in [3.8, 4) is 5.75 Å². The van der Waals surface area contributed by atoms with Crippen molar-refractivity contribution in [3.63, 3.8) is 0 Å². The molecule has 0 aliphatic heterocycles. The summed E-state index contributed by atoms with van der Waals surface area (Å²) in [7, 11) is 0. The lowest BCUT2D eigenvalue weighted by atomic mass is 10.1. The Hall–Kier alpha value is -1.55. The molecule has 0 aliphatic rings. The van der Waals surface area contributed by atoms with Gasteiger partial charge in [0.15, 0.2) is 0 Å². The van der Waals surface area contributed by atoms with E-state index in [1.165, 1.54) is 5.56 Å². The molecule has 0 amide bonds. The highest BCUT2D eigenvalue weighted by molar-refractivity contribution is 6.30. The minimum absolute atomic E-state index is 0.0625. The predicted molar refractivity (Wildman–Crippen MR) is 95.0 cm³/mol. The molecule has 0 spiro atoms. The number of aryl methyl sites for hydroxylation is 1. The number of ether oxygens (including phenoxy) is 1. The van der Waals surface area contributed by atoms with Crippen LogP contribution in [0.1, 0.15) is 30.5 Å². The van der Waals surface area contributed by atoms with Gasteiger partial charge in [0, 0.05) is 22.7 Å². The molecule has 0 radical (unpaired) electrons. The fourth-order valence-electron chi connectivity index (χ4n) is 2.18. The monoisotopic (exact) mass is 333 g/mol. The van der Waals surface area contributed by atoms with Crippen LogP contribution in [0.2, 0.25) is 5.02 Å². The van der Waals surface area contributed by atoms with Crippen LogP contribution in [-0.2, 0) is 13.2 Å². The van der Waals surface area contributed by atoms with E-state index < -0.39 is 0 Å². The molecular formula is C19H24ClNO2. The van der Waals surface area contributed by atoms with Crippen molar-refractivity contribution >= 4 is 11.6 Å². The van der Waals surface area contributed by atoms with Gasteiger partial charge >= 0.3 is 0 Å². The van der Waals surface area contributed by atoms with Crippen molar-refractivity contribution in [1.82, 2.24) is 5.32 Å². The van der Waals surface area contributed by atoms with E-state index in [9.17, 15) is 5.11 Å². The number of rotatable bonds is 7. The average Bonchev–Trinajstić information content (AvgIpc) is 2.52. The van der Waals surface area contributed by atoms with Crippen molar-refractivity contribution in [3.05, 3.63) is 64.2 Å². The van der Waals surface area contributed by atoms with Gasteiger partial charge in [-0.2, -0.15) is 0 Å². The van der Waals surface area contributed by atoms with Gasteiger partial charge in [-0.1, -0.05) is 41.4 Å². The summed E-state index contributed by atoms with van der Waals surface area (Å²) in [5.41, 5.74) is 2.98. The second kappa shape index (κ2) is 7.82. The predicted octanol–water partition coefficient (Wildman–Crippen LogP) is 4.09. The first kappa shape index (κ1) is 17.8. The second-order valence-corrected chi connectivity index (χ2v) is 6.86. The van der Waals surface area contributed by atoms with E-state index >= 15 is 0 Å². The molecule has 0 saturated carbocycles. The first-order valence-electron chi connectivity index (χ1n) is 7.72. The van der Waals surface area contributed by atoms with Crippen LogP contribution in [-0.4, -0.2) is 17.3 Å². The molecule has 0 aliphatic carbocycles. The lowest BCUT2D eigenvalue weighted by molar-refractivity contribution is 0.186. The lowest BCUT2D eigenvalue weighted by Gasteiger charge is -2.24. The van der Waals surface area contributed by atoms with Gasteiger partial charge in [0.1, 0.15) is 12.4 Å². The zero-order valence-corrected chi connectivity index (χ0v) is 14.7. The highest BCUT2D eigenvalue weighted by Gasteiger charge is 2.16. The summed E-state index contributed by atoms with van der Waals surface area (Å²) in [6.45, 7) is 7.12. The molecule has 2 rings (SSSR count). The van der Waals surface area contributed by atoms with Crippen molar-refractivity contribution in [1.29, 1.82) is 0 Å². The molecule has 0 aromatic heterocycles. The minimum atomic E-state index is -0.351. The normalized spacial score (nSPS) is 11.5. The molecule has 0 unspecified atom stereocenters. The maximum Gasteiger partial charge on any atom is 0.124 e. The van der Waals surface area contributed by atoms with E-state index in [4.69, 9.17) is 16.3 Å². The zero-order chi connectivity index (χ0) is 16.9. The van der Waals surface area contributed by atoms with Crippen LogP contribution < -0.4 is 10.1 Å². The molecule has 3 nitrogen and oxygen atoms in total. The van der Waals surface area contributed by atoms with E-state index in [0.717, 1.165) is 16.9 Å². The molecule has 124 valence electrons. The molecule has 2 aromatic rings. The van der Waals surface area contributed by atoms with Gasteiger partial charge in [-0.25, -0.2) is 0 Å². The Bertz CT molecular complexity index is 656. The number of hydrogen-bond acceptors (Lipinski definition) is 3. The fourth-order valence-corrected chi connectivity index (χ4v) is 2.38. The van der Waals surface area contributed by atoms with Crippen LogP contribution in [0.3, 0.4) is 0 Å². The SMILES string of the molecule is Cc1cccc(COc2ccc(Cl)cc2CNC(C)(C)CO)c1. The molecule has 4 heteroatoms. The second-order valence-electron chi connectivity index (χ2n) is 6.43. The van der Waals surface area contributed by atoms with Crippen LogP contribution in [0.25, 0.3) is 0 Å². The van der Waals surface area contributed by atoms with Crippen molar-refractivity contribution in [2.24, 2.45) is 0 Å². The summed E-state index contributed by atoms with van der Waals surface area (Å²) in [5, 5.41) is 13.3. The van der Waals surface area contributed by atoms with Crippen LogP contribution in [0.5, 0.6) is 5.75 Å². The molecule has 0 heterocycles. The Morgan fingerprint density at radius 3 is 2.65 bits per heavy atom. The largest absolute Gasteiger partial charge is 0.489 e. The Labute approximate surface area is 143 Å². The molecule has 23 heavy (non-hydrogen) atoms. The lowest BCUT2D eigenvalue weighted by Crippen LogP contribution is -2.42. The van der Waals surface area contributed by atoms with Gasteiger partial charge < -0.3 is 15.2 Å². The molecule has 0 saturated heterocycles. The maximum atomic E-state index is 9.35. The molecule has 0 bridgehead atoms. The van der Waals surface area contributed by atoms with Crippen LogP contribution in [0.4, 0.5) is 0 Å². The van der Waals surface area contributed by atoms with E-state index in [2.05, 4.69) is 30.4 Å². The van der Waals surface area contributed by atoms with E-state index in [1.54, 1.807) is 0 Å². The smallest absolute Gasteiger partial charge is 0.124 e. The molecule has 0 atom stereocenters. The number of aliphatic hydroxyl groups excluding tert-OH is 1. The average molecular weight is 334 g/mol. The first-order valence-corrected chi connectivity index (χ1v) is 8.10. The summed E-state index contributed by atoms with van der Waals surface area (Å²) in [6, 6.07) is 13.9. The van der Waals surface area contributed by atoms with Gasteiger partial charge in [-0.05, 0) is 44.5 Å². The summed E-state index contributed by atoms with van der Waals surface area (Å²) < 4.78 is 5.97. The van der Waals surface area contributed by atoms with Gasteiger partial charge in [-0.15, -0.1) is 0 Å². The molecule has 2 N–H and O–H groups in total. The maximum absolute atomic E-state index is 9.35. The third kappa shape index (κ3) is 5.54. The number of nitrogens with one attached hydrogen (secondary N) is 1. The van der Waals surface area contributed by atoms with Gasteiger partial charge in [0.25, 0.3) is 0 Å². The van der Waals surface area contributed by atoms with E-state index in [0.29, 0.717) is 18.2 Å². The van der Waals surface area contributed by atoms with Gasteiger partial charge in [-0.3, -0.25) is 0 Å². The number of hydrogen-bond donors (Lipinski definition) is 2. The Morgan fingerprint density at radius 2 is 1.96 bits per heavy atom. The number of aliphatic hydroxyl groups is 1. The van der Waals surface area contributed by atoms with E-state index in [1.807, 2.05) is 38.1 Å². The summed E-state index contributed by atoms with van der Waals surface area (Å²) in [5.74, 6) is 0.803. The third-order valence-electron chi connectivity index (χ3n) is 3.65. The summed E-state index contributed by atoms with van der Waals surface area (Å²) in [6.07, 6.45) is 0. The van der Waals surface area contributed by atoms with Crippen molar-refractivity contribution in [2.45, 2.75) is 39.5 Å². The highest BCUT2D eigenvalue weighted by atomic mass is 35.5. The number of benzene rings is 2. The summed E-state index contributed by atoms with van der Waals surface area (Å²) >= 11 is 6.11. The molecular weight excluding hydrogens is 310 g/mol. The van der Waals surface area contributed by atoms with Crippen LogP contribution >= 0.6 is 11.6 Å². The highest BCUT2D eigenvalue weighted by Crippen LogP contribution is 2.24. The minimum Gasteiger partial charge on any atom is -0.489 e. The topological polar surface area (TPSA) is 41.5 Å². The standard InChI is InChI=1S/C19H24ClNO2/c1-14-5-4-6-15(9-14)12-23-18-8-7-17(20)10-16(18)11-21-19(2,3)13-22/h4-10,21-22H,11-13H2,1-3H3.